The van der Waals surface area contributed by atoms with Crippen molar-refractivity contribution in [2.75, 3.05) is 5.32 Å². The fourth-order valence-corrected chi connectivity index (χ4v) is 1.94. The van der Waals surface area contributed by atoms with Gasteiger partial charge in [0.2, 0.25) is 0 Å². The van der Waals surface area contributed by atoms with Crippen molar-refractivity contribution < 1.29 is 4.79 Å². The van der Waals surface area contributed by atoms with Gasteiger partial charge in [0.05, 0.1) is 6.04 Å². The van der Waals surface area contributed by atoms with Crippen LogP contribution in [0.5, 0.6) is 0 Å². The first-order valence-corrected chi connectivity index (χ1v) is 6.69. The molecule has 3 N–H and O–H groups in total. The zero-order chi connectivity index (χ0) is 14.5. The highest BCUT2D eigenvalue weighted by atomic mass is 16.2. The van der Waals surface area contributed by atoms with Crippen LogP contribution in [0.1, 0.15) is 31.3 Å². The quantitative estimate of drug-likeness (QED) is 0.799. The van der Waals surface area contributed by atoms with Crippen LogP contribution in [0.4, 0.5) is 10.5 Å². The Balaban J connectivity index is 2.00. The van der Waals surface area contributed by atoms with E-state index in [1.807, 2.05) is 45.0 Å². The van der Waals surface area contributed by atoms with Crippen LogP contribution in [0.25, 0.3) is 0 Å². The Morgan fingerprint density at radius 2 is 1.95 bits per heavy atom. The third-order valence-corrected chi connectivity index (χ3v) is 3.08. The number of amides is 2. The van der Waals surface area contributed by atoms with E-state index in [-0.39, 0.29) is 18.0 Å². The second kappa shape index (κ2) is 6.23. The number of nitrogens with zero attached hydrogens (tertiary/aromatic N) is 1. The summed E-state index contributed by atoms with van der Waals surface area (Å²) in [4.78, 5) is 19.3. The van der Waals surface area contributed by atoms with Gasteiger partial charge in [0.15, 0.2) is 0 Å². The molecule has 1 aromatic heterocycles. The van der Waals surface area contributed by atoms with Gasteiger partial charge in [0, 0.05) is 18.1 Å². The minimum atomic E-state index is -0.232. The van der Waals surface area contributed by atoms with Gasteiger partial charge in [0.25, 0.3) is 0 Å². The van der Waals surface area contributed by atoms with E-state index in [0.717, 1.165) is 17.1 Å². The van der Waals surface area contributed by atoms with Crippen molar-refractivity contribution in [1.29, 1.82) is 0 Å². The van der Waals surface area contributed by atoms with Gasteiger partial charge in [-0.3, -0.25) is 0 Å². The van der Waals surface area contributed by atoms with Crippen molar-refractivity contribution in [1.82, 2.24) is 15.3 Å². The molecule has 5 nitrogen and oxygen atoms in total. The minimum Gasteiger partial charge on any atom is -0.347 e. The Bertz CT molecular complexity index is 546. The number of aromatic amines is 1. The summed E-state index contributed by atoms with van der Waals surface area (Å²) in [7, 11) is 0. The van der Waals surface area contributed by atoms with Gasteiger partial charge in [-0.1, -0.05) is 31.5 Å². The smallest absolute Gasteiger partial charge is 0.319 e. The lowest BCUT2D eigenvalue weighted by Gasteiger charge is -2.20. The molecule has 20 heavy (non-hydrogen) atoms. The predicted molar refractivity (Wildman–Crippen MR) is 79.5 cm³/mol. The molecule has 106 valence electrons. The van der Waals surface area contributed by atoms with Gasteiger partial charge >= 0.3 is 6.03 Å². The molecule has 1 atom stereocenters. The molecular weight excluding hydrogens is 252 g/mol. The number of nitrogens with one attached hydrogen (secondary N) is 3. The van der Waals surface area contributed by atoms with Crippen LogP contribution < -0.4 is 10.6 Å². The summed E-state index contributed by atoms with van der Waals surface area (Å²) in [6.07, 6.45) is 3.44. The zero-order valence-corrected chi connectivity index (χ0v) is 12.0. The maximum atomic E-state index is 12.0. The maximum Gasteiger partial charge on any atom is 0.319 e. The number of imidazole rings is 1. The fourth-order valence-electron chi connectivity index (χ4n) is 1.94. The number of hydrogen-bond donors (Lipinski definition) is 3. The van der Waals surface area contributed by atoms with E-state index in [0.29, 0.717) is 0 Å². The molecule has 2 amide bonds. The van der Waals surface area contributed by atoms with Gasteiger partial charge in [-0.25, -0.2) is 9.78 Å². The number of benzene rings is 1. The number of anilines is 1. The molecule has 0 saturated heterocycles. The Hall–Kier alpha value is -2.30. The van der Waals surface area contributed by atoms with Crippen molar-refractivity contribution in [3.8, 4) is 0 Å². The van der Waals surface area contributed by atoms with Crippen LogP contribution in [0.3, 0.4) is 0 Å². The van der Waals surface area contributed by atoms with Crippen molar-refractivity contribution >= 4 is 11.7 Å². The average Bonchev–Trinajstić information content (AvgIpc) is 2.92. The Labute approximate surface area is 118 Å². The molecule has 0 saturated carbocycles. The molecule has 5 heteroatoms. The normalized spacial score (nSPS) is 12.2. The molecule has 1 aromatic carbocycles. The maximum absolute atomic E-state index is 12.0. The van der Waals surface area contributed by atoms with Gasteiger partial charge in [-0.05, 0) is 25.0 Å². The number of aryl methyl sites for hydroxylation is 1. The molecule has 0 bridgehead atoms. The average molecular weight is 272 g/mol. The van der Waals surface area contributed by atoms with Crippen LogP contribution in [0, 0.1) is 12.8 Å². The fraction of sp³-hybridized carbons (Fsp3) is 0.333. The molecule has 0 radical (unpaired) electrons. The zero-order valence-electron chi connectivity index (χ0n) is 12.0. The Kier molecular flexibility index (Phi) is 4.40. The first-order valence-electron chi connectivity index (χ1n) is 6.69. The van der Waals surface area contributed by atoms with Crippen LogP contribution in [0.15, 0.2) is 36.7 Å². The Morgan fingerprint density at radius 3 is 2.50 bits per heavy atom. The predicted octanol–water partition coefficient (Wildman–Crippen LogP) is 3.24. The number of urea groups is 1. The summed E-state index contributed by atoms with van der Waals surface area (Å²) in [5.74, 6) is 1.00. The first kappa shape index (κ1) is 14.1. The second-order valence-electron chi connectivity index (χ2n) is 5.16. The molecule has 2 rings (SSSR count). The van der Waals surface area contributed by atoms with E-state index in [4.69, 9.17) is 0 Å². The molecule has 0 aliphatic heterocycles. The highest BCUT2D eigenvalue weighted by Gasteiger charge is 2.20. The highest BCUT2D eigenvalue weighted by molar-refractivity contribution is 5.89. The molecule has 0 aliphatic rings. The van der Waals surface area contributed by atoms with Crippen molar-refractivity contribution in [3.05, 3.63) is 48.0 Å². The number of hydrogen-bond acceptors (Lipinski definition) is 2. The molecule has 1 heterocycles. The van der Waals surface area contributed by atoms with Crippen molar-refractivity contribution in [3.63, 3.8) is 0 Å². The van der Waals surface area contributed by atoms with Crippen LogP contribution in [0.2, 0.25) is 0 Å². The van der Waals surface area contributed by atoms with Crippen LogP contribution in [-0.2, 0) is 0 Å². The monoisotopic (exact) mass is 272 g/mol. The van der Waals surface area contributed by atoms with E-state index in [9.17, 15) is 4.79 Å². The lowest BCUT2D eigenvalue weighted by atomic mass is 10.0. The third-order valence-electron chi connectivity index (χ3n) is 3.08. The molecule has 0 fully saturated rings. The molecule has 2 aromatic rings. The number of carbonyl (C=O) groups excluding carboxylic acids is 1. The Morgan fingerprint density at radius 1 is 1.25 bits per heavy atom. The van der Waals surface area contributed by atoms with E-state index in [1.165, 1.54) is 0 Å². The summed E-state index contributed by atoms with van der Waals surface area (Å²) in [6, 6.07) is 7.31. The second-order valence-corrected chi connectivity index (χ2v) is 5.16. The van der Waals surface area contributed by atoms with E-state index in [2.05, 4.69) is 20.6 Å². The number of rotatable bonds is 4. The van der Waals surface area contributed by atoms with E-state index in [1.54, 1.807) is 12.4 Å². The standard InChI is InChI=1S/C15H20N4O/c1-10(2)13(14-16-8-9-17-14)19-15(20)18-12-6-4-11(3)5-7-12/h4-10,13H,1-3H3,(H,16,17)(H2,18,19,20). The summed E-state index contributed by atoms with van der Waals surface area (Å²) >= 11 is 0. The van der Waals surface area contributed by atoms with Crippen LogP contribution in [-0.4, -0.2) is 16.0 Å². The number of carbonyl (C=O) groups is 1. The minimum absolute atomic E-state index is 0.143. The summed E-state index contributed by atoms with van der Waals surface area (Å²) in [5, 5.41) is 5.76. The molecule has 0 spiro atoms. The van der Waals surface area contributed by atoms with E-state index < -0.39 is 0 Å². The van der Waals surface area contributed by atoms with Gasteiger partial charge in [0.1, 0.15) is 5.82 Å². The molecular formula is C15H20N4O. The molecule has 1 unspecified atom stereocenters. The topological polar surface area (TPSA) is 69.8 Å². The summed E-state index contributed by atoms with van der Waals surface area (Å²) in [6.45, 7) is 6.09. The highest BCUT2D eigenvalue weighted by Crippen LogP contribution is 2.18. The van der Waals surface area contributed by atoms with Gasteiger partial charge in [-0.15, -0.1) is 0 Å². The molecule has 0 aliphatic carbocycles. The number of H-pyrrole nitrogens is 1. The number of aromatic nitrogens is 2. The van der Waals surface area contributed by atoms with Crippen LogP contribution >= 0.6 is 0 Å². The SMILES string of the molecule is Cc1ccc(NC(=O)NC(c2ncc[nH]2)C(C)C)cc1. The van der Waals surface area contributed by atoms with Gasteiger partial charge in [-0.2, -0.15) is 0 Å². The lowest BCUT2D eigenvalue weighted by molar-refractivity contribution is 0.244. The summed E-state index contributed by atoms with van der Waals surface area (Å²) in [5.41, 5.74) is 1.93. The van der Waals surface area contributed by atoms with Crippen molar-refractivity contribution in [2.24, 2.45) is 5.92 Å². The largest absolute Gasteiger partial charge is 0.347 e. The lowest BCUT2D eigenvalue weighted by Crippen LogP contribution is -2.35. The first-order chi connectivity index (χ1) is 9.56. The van der Waals surface area contributed by atoms with Gasteiger partial charge < -0.3 is 15.6 Å². The van der Waals surface area contributed by atoms with E-state index >= 15 is 0 Å². The third kappa shape index (κ3) is 3.60. The summed E-state index contributed by atoms with van der Waals surface area (Å²) < 4.78 is 0. The van der Waals surface area contributed by atoms with Crippen molar-refractivity contribution in [2.45, 2.75) is 26.8 Å².